The van der Waals surface area contributed by atoms with E-state index in [1.807, 2.05) is 24.3 Å². The Balaban J connectivity index is 1.61. The van der Waals surface area contributed by atoms with Crippen molar-refractivity contribution in [3.63, 3.8) is 0 Å². The molecule has 0 amide bonds. The van der Waals surface area contributed by atoms with Crippen molar-refractivity contribution in [2.45, 2.75) is 31.2 Å². The molecule has 2 aliphatic carbocycles. The Morgan fingerprint density at radius 3 is 2.54 bits per heavy atom. The summed E-state index contributed by atoms with van der Waals surface area (Å²) in [6, 6.07) is 11.3. The number of hydrogen-bond acceptors (Lipinski definition) is 2. The van der Waals surface area contributed by atoms with Crippen LogP contribution >= 0.6 is 23.2 Å². The lowest BCUT2D eigenvalue weighted by Crippen LogP contribution is -2.35. The number of hydrogen-bond donors (Lipinski definition) is 2. The highest BCUT2D eigenvalue weighted by Gasteiger charge is 2.54. The van der Waals surface area contributed by atoms with Crippen LogP contribution in [0.15, 0.2) is 36.4 Å². The van der Waals surface area contributed by atoms with Gasteiger partial charge in [-0.25, -0.2) is 4.79 Å². The molecule has 26 heavy (non-hydrogen) atoms. The maximum atomic E-state index is 11.2. The van der Waals surface area contributed by atoms with Crippen LogP contribution in [0, 0.1) is 17.8 Å². The number of nitrogens with one attached hydrogen (secondary N) is 1. The molecule has 3 nitrogen and oxygen atoms in total. The number of halogens is 2. The molecule has 2 saturated carbocycles. The lowest BCUT2D eigenvalue weighted by atomic mass is 9.68. The quantitative estimate of drug-likeness (QED) is 0.665. The van der Waals surface area contributed by atoms with E-state index in [2.05, 4.69) is 5.32 Å². The minimum atomic E-state index is -0.894. The highest BCUT2D eigenvalue weighted by Crippen LogP contribution is 2.64. The molecular weight excluding hydrogens is 369 g/mol. The molecule has 0 saturated heterocycles. The van der Waals surface area contributed by atoms with Gasteiger partial charge in [0.05, 0.1) is 11.6 Å². The molecule has 3 aliphatic rings. The van der Waals surface area contributed by atoms with Crippen molar-refractivity contribution in [1.82, 2.24) is 0 Å². The van der Waals surface area contributed by atoms with E-state index >= 15 is 0 Å². The van der Waals surface area contributed by atoms with Crippen LogP contribution in [0.5, 0.6) is 0 Å². The van der Waals surface area contributed by atoms with Crippen molar-refractivity contribution in [2.75, 3.05) is 5.32 Å². The summed E-state index contributed by atoms with van der Waals surface area (Å²) in [5.74, 6) is 1.44. The van der Waals surface area contributed by atoms with Gasteiger partial charge in [0.15, 0.2) is 0 Å². The predicted octanol–water partition coefficient (Wildman–Crippen LogP) is 5.99. The Labute approximate surface area is 162 Å². The van der Waals surface area contributed by atoms with Crippen molar-refractivity contribution in [1.29, 1.82) is 0 Å². The average molecular weight is 388 g/mol. The number of anilines is 1. The largest absolute Gasteiger partial charge is 0.478 e. The Morgan fingerprint density at radius 2 is 1.81 bits per heavy atom. The molecule has 1 aliphatic heterocycles. The molecular formula is C21H19Cl2NO2. The van der Waals surface area contributed by atoms with Crippen molar-refractivity contribution in [3.8, 4) is 0 Å². The van der Waals surface area contributed by atoms with Crippen molar-refractivity contribution in [3.05, 3.63) is 63.1 Å². The summed E-state index contributed by atoms with van der Waals surface area (Å²) in [6.07, 6.45) is 3.81. The van der Waals surface area contributed by atoms with Crippen LogP contribution in [0.3, 0.4) is 0 Å². The summed E-state index contributed by atoms with van der Waals surface area (Å²) in [5.41, 5.74) is 3.72. The standard InChI is InChI=1S/C21H19Cl2NO2/c22-14-8-15(23)19-16(9-14)24-20(10-1-3-11(4-2-10)21(25)26)18-13-6-5-12(7-13)17(18)19/h1-4,8-9,12-13,17-18,20,24H,5-7H2,(H,25,26)/t12-,13-,17+,18+,20-/m0/s1. The van der Waals surface area contributed by atoms with E-state index in [0.717, 1.165) is 16.3 Å². The summed E-state index contributed by atoms with van der Waals surface area (Å²) < 4.78 is 0. The zero-order chi connectivity index (χ0) is 18.0. The van der Waals surface area contributed by atoms with Gasteiger partial charge < -0.3 is 10.4 Å². The van der Waals surface area contributed by atoms with Gasteiger partial charge in [-0.2, -0.15) is 0 Å². The molecule has 134 valence electrons. The minimum Gasteiger partial charge on any atom is -0.478 e. The molecule has 5 atom stereocenters. The van der Waals surface area contributed by atoms with Crippen molar-refractivity contribution in [2.24, 2.45) is 17.8 Å². The van der Waals surface area contributed by atoms with Gasteiger partial charge in [0.25, 0.3) is 0 Å². The topological polar surface area (TPSA) is 49.3 Å². The first-order chi connectivity index (χ1) is 12.5. The molecule has 2 aromatic carbocycles. The Hall–Kier alpha value is -1.71. The first-order valence-corrected chi connectivity index (χ1v) is 9.87. The first kappa shape index (κ1) is 16.5. The fraction of sp³-hybridized carbons (Fsp3) is 0.381. The predicted molar refractivity (Wildman–Crippen MR) is 103 cm³/mol. The second kappa shape index (κ2) is 5.90. The first-order valence-electron chi connectivity index (χ1n) is 9.11. The van der Waals surface area contributed by atoms with E-state index in [1.54, 1.807) is 12.1 Å². The summed E-state index contributed by atoms with van der Waals surface area (Å²) in [6.45, 7) is 0. The van der Waals surface area contributed by atoms with Gasteiger partial charge in [-0.1, -0.05) is 35.3 Å². The fourth-order valence-electron chi connectivity index (χ4n) is 5.69. The van der Waals surface area contributed by atoms with Gasteiger partial charge in [0, 0.05) is 15.7 Å². The van der Waals surface area contributed by atoms with Crippen LogP contribution in [0.2, 0.25) is 10.0 Å². The van der Waals surface area contributed by atoms with Gasteiger partial charge in [0.2, 0.25) is 0 Å². The molecule has 2 N–H and O–H groups in total. The van der Waals surface area contributed by atoms with Crippen LogP contribution in [0.1, 0.15) is 52.7 Å². The number of carbonyl (C=O) groups is 1. The van der Waals surface area contributed by atoms with E-state index in [0.29, 0.717) is 34.3 Å². The summed E-state index contributed by atoms with van der Waals surface area (Å²) in [4.78, 5) is 11.2. The molecule has 0 aromatic heterocycles. The Bertz CT molecular complexity index is 896. The third kappa shape index (κ3) is 2.37. The monoisotopic (exact) mass is 387 g/mol. The van der Waals surface area contributed by atoms with Crippen LogP contribution in [0.4, 0.5) is 5.69 Å². The molecule has 2 fully saturated rings. The third-order valence-electron chi connectivity index (χ3n) is 6.62. The van der Waals surface area contributed by atoms with Crippen molar-refractivity contribution >= 4 is 34.9 Å². The van der Waals surface area contributed by atoms with Crippen molar-refractivity contribution < 1.29 is 9.90 Å². The molecule has 5 rings (SSSR count). The Kier molecular flexibility index (Phi) is 3.74. The molecule has 2 bridgehead atoms. The summed E-state index contributed by atoms with van der Waals surface area (Å²) >= 11 is 12.9. The number of rotatable bonds is 2. The normalized spacial score (nSPS) is 31.2. The maximum absolute atomic E-state index is 11.2. The maximum Gasteiger partial charge on any atom is 0.335 e. The number of carboxylic acid groups (broad SMARTS) is 1. The second-order valence-corrected chi connectivity index (χ2v) is 8.68. The fourth-order valence-corrected chi connectivity index (χ4v) is 6.31. The number of aromatic carboxylic acids is 1. The lowest BCUT2D eigenvalue weighted by Gasteiger charge is -2.44. The molecule has 0 unspecified atom stereocenters. The molecule has 1 heterocycles. The average Bonchev–Trinajstić information content (AvgIpc) is 3.22. The van der Waals surface area contributed by atoms with E-state index in [1.165, 1.54) is 24.8 Å². The van der Waals surface area contributed by atoms with Crippen LogP contribution in [-0.2, 0) is 0 Å². The number of carboxylic acids is 1. The minimum absolute atomic E-state index is 0.167. The smallest absolute Gasteiger partial charge is 0.335 e. The van der Waals surface area contributed by atoms with Gasteiger partial charge in [-0.05, 0) is 78.3 Å². The molecule has 0 spiro atoms. The van der Waals surface area contributed by atoms with Crippen LogP contribution in [0.25, 0.3) is 0 Å². The van der Waals surface area contributed by atoms with Gasteiger partial charge in [-0.15, -0.1) is 0 Å². The highest BCUT2D eigenvalue weighted by molar-refractivity contribution is 6.35. The van der Waals surface area contributed by atoms with Gasteiger partial charge in [-0.3, -0.25) is 0 Å². The molecule has 5 heteroatoms. The Morgan fingerprint density at radius 1 is 1.08 bits per heavy atom. The van der Waals surface area contributed by atoms with E-state index in [9.17, 15) is 4.79 Å². The number of fused-ring (bicyclic) bond motifs is 7. The number of benzene rings is 2. The zero-order valence-corrected chi connectivity index (χ0v) is 15.6. The van der Waals surface area contributed by atoms with Crippen LogP contribution < -0.4 is 5.32 Å². The molecule has 2 aromatic rings. The molecule has 0 radical (unpaired) electrons. The van der Waals surface area contributed by atoms with E-state index in [4.69, 9.17) is 28.3 Å². The van der Waals surface area contributed by atoms with Crippen LogP contribution in [-0.4, -0.2) is 11.1 Å². The third-order valence-corrected chi connectivity index (χ3v) is 7.15. The van der Waals surface area contributed by atoms with E-state index < -0.39 is 5.97 Å². The SMILES string of the molecule is O=C(O)c1ccc([C@@H]2Nc3cc(Cl)cc(Cl)c3[C@@H]3[C@H]4CC[C@@H](C4)[C@H]32)cc1. The second-order valence-electron chi connectivity index (χ2n) is 7.83. The van der Waals surface area contributed by atoms with Gasteiger partial charge >= 0.3 is 5.97 Å². The van der Waals surface area contributed by atoms with E-state index in [-0.39, 0.29) is 6.04 Å². The highest BCUT2D eigenvalue weighted by atomic mass is 35.5. The summed E-state index contributed by atoms with van der Waals surface area (Å²) in [7, 11) is 0. The zero-order valence-electron chi connectivity index (χ0n) is 14.1. The lowest BCUT2D eigenvalue weighted by molar-refractivity contribution is 0.0697. The summed E-state index contributed by atoms with van der Waals surface area (Å²) in [5, 5.41) is 14.3. The van der Waals surface area contributed by atoms with Gasteiger partial charge in [0.1, 0.15) is 0 Å².